The lowest BCUT2D eigenvalue weighted by Gasteiger charge is -2.09. The van der Waals surface area contributed by atoms with Gasteiger partial charge in [0.05, 0.1) is 0 Å². The summed E-state index contributed by atoms with van der Waals surface area (Å²) in [5, 5.41) is 9.85. The Bertz CT molecular complexity index is 128. The van der Waals surface area contributed by atoms with Crippen molar-refractivity contribution in [1.82, 2.24) is 0 Å². The van der Waals surface area contributed by atoms with Crippen LogP contribution in [0.2, 0.25) is 0 Å². The molecule has 0 aliphatic rings. The standard InChI is InChI=1S/C7H11O2/c1-7(2,3)5-4-6(8)9/h4-5H,1-3H3. The summed E-state index contributed by atoms with van der Waals surface area (Å²) in [5.41, 5.74) is -0.0694. The van der Waals surface area contributed by atoms with Gasteiger partial charge in [0.25, 0.3) is 0 Å². The molecule has 0 aromatic rings. The molecule has 0 spiro atoms. The van der Waals surface area contributed by atoms with Crippen LogP contribution in [0.25, 0.3) is 0 Å². The third-order valence-electron chi connectivity index (χ3n) is 0.719. The van der Waals surface area contributed by atoms with Gasteiger partial charge in [-0.3, -0.25) is 0 Å². The molecular weight excluding hydrogens is 116 g/mol. The average Bonchev–Trinajstić information content (AvgIpc) is 1.59. The first-order valence-corrected chi connectivity index (χ1v) is 2.82. The second-order valence-electron chi connectivity index (χ2n) is 3.02. The summed E-state index contributed by atoms with van der Waals surface area (Å²) in [6.07, 6.45) is 2.66. The van der Waals surface area contributed by atoms with E-state index < -0.39 is 5.97 Å². The number of hydrogen-bond donors (Lipinski definition) is 0. The fraction of sp³-hybridized carbons (Fsp3) is 0.571. The van der Waals surface area contributed by atoms with Crippen LogP contribution in [-0.2, 0) is 9.90 Å². The van der Waals surface area contributed by atoms with Crippen LogP contribution >= 0.6 is 0 Å². The molecule has 0 rings (SSSR count). The maximum Gasteiger partial charge on any atom is 0.378 e. The first-order valence-electron chi connectivity index (χ1n) is 2.82. The molecule has 0 atom stereocenters. The number of hydrogen-bond acceptors (Lipinski definition) is 1. The highest BCUT2D eigenvalue weighted by atomic mass is 16.4. The molecule has 0 fully saturated rings. The first-order chi connectivity index (χ1) is 3.92. The van der Waals surface area contributed by atoms with Crippen molar-refractivity contribution in [1.29, 1.82) is 0 Å². The van der Waals surface area contributed by atoms with Gasteiger partial charge in [0.1, 0.15) is 0 Å². The second-order valence-corrected chi connectivity index (χ2v) is 3.02. The maximum atomic E-state index is 9.85. The largest absolute Gasteiger partial charge is 0.378 e. The van der Waals surface area contributed by atoms with E-state index in [2.05, 4.69) is 0 Å². The van der Waals surface area contributed by atoms with Crippen LogP contribution in [0.5, 0.6) is 0 Å². The minimum atomic E-state index is -1.13. The summed E-state index contributed by atoms with van der Waals surface area (Å²) >= 11 is 0. The normalized spacial score (nSPS) is 12.3. The minimum Gasteiger partial charge on any atom is -0.242 e. The lowest BCUT2D eigenvalue weighted by Crippen LogP contribution is -2.00. The highest BCUT2D eigenvalue weighted by Crippen LogP contribution is 2.13. The van der Waals surface area contributed by atoms with Gasteiger partial charge in [-0.05, 0) is 5.41 Å². The van der Waals surface area contributed by atoms with E-state index in [4.69, 9.17) is 0 Å². The highest BCUT2D eigenvalue weighted by Gasteiger charge is 2.04. The van der Waals surface area contributed by atoms with Crippen LogP contribution in [0.3, 0.4) is 0 Å². The van der Waals surface area contributed by atoms with Gasteiger partial charge in [0, 0.05) is 6.08 Å². The molecule has 0 saturated heterocycles. The number of allylic oxidation sites excluding steroid dienone is 1. The van der Waals surface area contributed by atoms with Crippen molar-refractivity contribution >= 4 is 5.97 Å². The van der Waals surface area contributed by atoms with Crippen LogP contribution in [-0.4, -0.2) is 5.97 Å². The van der Waals surface area contributed by atoms with Gasteiger partial charge in [0.2, 0.25) is 0 Å². The predicted molar refractivity (Wildman–Crippen MR) is 34.3 cm³/mol. The molecule has 0 aromatic carbocycles. The highest BCUT2D eigenvalue weighted by molar-refractivity contribution is 5.79. The van der Waals surface area contributed by atoms with Gasteiger partial charge in [0.15, 0.2) is 0 Å². The fourth-order valence-electron chi connectivity index (χ4n) is 0.318. The van der Waals surface area contributed by atoms with Crippen molar-refractivity contribution in [3.05, 3.63) is 12.2 Å². The van der Waals surface area contributed by atoms with Crippen LogP contribution < -0.4 is 0 Å². The Balaban J connectivity index is 3.86. The van der Waals surface area contributed by atoms with Crippen LogP contribution in [0.1, 0.15) is 20.8 Å². The van der Waals surface area contributed by atoms with Crippen molar-refractivity contribution in [3.63, 3.8) is 0 Å². The second kappa shape index (κ2) is 2.67. The molecular formula is C7H11O2. The van der Waals surface area contributed by atoms with Gasteiger partial charge in [-0.1, -0.05) is 26.8 Å². The Morgan fingerprint density at radius 1 is 1.33 bits per heavy atom. The third kappa shape index (κ3) is 7.21. The molecule has 0 aliphatic carbocycles. The van der Waals surface area contributed by atoms with Gasteiger partial charge in [-0.2, -0.15) is 0 Å². The molecule has 0 aliphatic heterocycles. The van der Waals surface area contributed by atoms with E-state index in [1.165, 1.54) is 0 Å². The van der Waals surface area contributed by atoms with Crippen LogP contribution in [0.4, 0.5) is 0 Å². The molecule has 0 saturated carbocycles. The minimum absolute atomic E-state index is 0.0694. The van der Waals surface area contributed by atoms with Gasteiger partial charge >= 0.3 is 5.97 Å². The Labute approximate surface area is 55.2 Å². The molecule has 9 heavy (non-hydrogen) atoms. The molecule has 1 radical (unpaired) electrons. The lowest BCUT2D eigenvalue weighted by molar-refractivity contribution is -0.137. The van der Waals surface area contributed by atoms with E-state index in [1.807, 2.05) is 20.8 Å². The monoisotopic (exact) mass is 127 g/mol. The van der Waals surface area contributed by atoms with E-state index in [-0.39, 0.29) is 5.41 Å². The summed E-state index contributed by atoms with van der Waals surface area (Å²) < 4.78 is 0. The molecule has 0 N–H and O–H groups in total. The van der Waals surface area contributed by atoms with Gasteiger partial charge < -0.3 is 0 Å². The quantitative estimate of drug-likeness (QED) is 0.492. The van der Waals surface area contributed by atoms with Crippen molar-refractivity contribution in [2.24, 2.45) is 5.41 Å². The fourth-order valence-corrected chi connectivity index (χ4v) is 0.318. The SMILES string of the molecule is CC(C)(C)C=CC([O])=O. The smallest absolute Gasteiger partial charge is 0.242 e. The van der Waals surface area contributed by atoms with Gasteiger partial charge in [-0.25, -0.2) is 9.90 Å². The topological polar surface area (TPSA) is 37.0 Å². The van der Waals surface area contributed by atoms with E-state index >= 15 is 0 Å². The van der Waals surface area contributed by atoms with E-state index in [9.17, 15) is 9.90 Å². The Kier molecular flexibility index (Phi) is 2.43. The van der Waals surface area contributed by atoms with Crippen LogP contribution in [0, 0.1) is 5.41 Å². The van der Waals surface area contributed by atoms with Crippen molar-refractivity contribution in [3.8, 4) is 0 Å². The molecule has 2 nitrogen and oxygen atoms in total. The van der Waals surface area contributed by atoms with Crippen molar-refractivity contribution in [2.75, 3.05) is 0 Å². The summed E-state index contributed by atoms with van der Waals surface area (Å²) in [6.45, 7) is 5.77. The van der Waals surface area contributed by atoms with E-state index in [0.717, 1.165) is 6.08 Å². The zero-order valence-electron chi connectivity index (χ0n) is 5.97. The molecule has 0 unspecified atom stereocenters. The third-order valence-corrected chi connectivity index (χ3v) is 0.719. The number of carbonyl (C=O) groups is 1. The summed E-state index contributed by atoms with van der Waals surface area (Å²) in [6, 6.07) is 0. The van der Waals surface area contributed by atoms with E-state index in [1.54, 1.807) is 6.08 Å². The zero-order valence-corrected chi connectivity index (χ0v) is 5.97. The Morgan fingerprint density at radius 2 is 1.78 bits per heavy atom. The van der Waals surface area contributed by atoms with E-state index in [0.29, 0.717) is 0 Å². The van der Waals surface area contributed by atoms with Crippen LogP contribution in [0.15, 0.2) is 12.2 Å². The first kappa shape index (κ1) is 8.21. The average molecular weight is 127 g/mol. The summed E-state index contributed by atoms with van der Waals surface area (Å²) in [7, 11) is 0. The van der Waals surface area contributed by atoms with Gasteiger partial charge in [-0.15, -0.1) is 0 Å². The van der Waals surface area contributed by atoms with Crippen molar-refractivity contribution in [2.45, 2.75) is 20.8 Å². The zero-order chi connectivity index (χ0) is 7.49. The summed E-state index contributed by atoms with van der Waals surface area (Å²) in [4.78, 5) is 9.85. The predicted octanol–water partition coefficient (Wildman–Crippen LogP) is 1.55. The molecule has 2 heteroatoms. The molecule has 0 heterocycles. The van der Waals surface area contributed by atoms with Crippen molar-refractivity contribution < 1.29 is 9.90 Å². The Morgan fingerprint density at radius 3 is 1.89 bits per heavy atom. The lowest BCUT2D eigenvalue weighted by atomic mass is 9.96. The number of rotatable bonds is 1. The molecule has 0 bridgehead atoms. The Hall–Kier alpha value is -0.790. The summed E-state index contributed by atoms with van der Waals surface area (Å²) in [5.74, 6) is -1.13. The molecule has 51 valence electrons. The molecule has 0 amide bonds. The number of carbonyl (C=O) groups excluding carboxylic acids is 1. The molecule has 0 aromatic heterocycles. The maximum absolute atomic E-state index is 9.85.